The minimum atomic E-state index is -0.524. The van der Waals surface area contributed by atoms with Crippen LogP contribution in [0.5, 0.6) is 0 Å². The fourth-order valence-electron chi connectivity index (χ4n) is 1.16. The number of Topliss-reactive ketones (excluding diaryl/α,β-unsaturated/α-hetero) is 2. The number of hydrogen-bond donors (Lipinski definition) is 1. The lowest BCUT2D eigenvalue weighted by atomic mass is 10.0. The summed E-state index contributed by atoms with van der Waals surface area (Å²) in [5.41, 5.74) is 0.901. The molecule has 0 fully saturated rings. The second kappa shape index (κ2) is 4.67. The van der Waals surface area contributed by atoms with Crippen LogP contribution in [0.15, 0.2) is 24.3 Å². The van der Waals surface area contributed by atoms with Gasteiger partial charge >= 0.3 is 0 Å². The first-order chi connectivity index (χ1) is 6.69. The third-order valence-electron chi connectivity index (χ3n) is 1.97. The molecule has 1 rings (SSSR count). The summed E-state index contributed by atoms with van der Waals surface area (Å²) in [5, 5.41) is 8.64. The average molecular weight is 192 g/mol. The van der Waals surface area contributed by atoms with Gasteiger partial charge in [-0.15, -0.1) is 0 Å². The van der Waals surface area contributed by atoms with Gasteiger partial charge in [0.15, 0.2) is 11.6 Å². The highest BCUT2D eigenvalue weighted by Gasteiger charge is 2.07. The molecule has 0 bridgehead atoms. The Bertz CT molecular complexity index is 324. The Morgan fingerprint density at radius 1 is 1.21 bits per heavy atom. The predicted octanol–water partition coefficient (Wildman–Crippen LogP) is 1.45. The molecule has 3 heteroatoms. The van der Waals surface area contributed by atoms with Crippen LogP contribution in [0.4, 0.5) is 0 Å². The Labute approximate surface area is 82.4 Å². The highest BCUT2D eigenvalue weighted by molar-refractivity contribution is 6.01. The van der Waals surface area contributed by atoms with Gasteiger partial charge in [-0.2, -0.15) is 0 Å². The van der Waals surface area contributed by atoms with Gasteiger partial charge in [0.25, 0.3) is 0 Å². The Morgan fingerprint density at radius 2 is 1.79 bits per heavy atom. The third-order valence-corrected chi connectivity index (χ3v) is 1.97. The van der Waals surface area contributed by atoms with Gasteiger partial charge < -0.3 is 5.11 Å². The summed E-state index contributed by atoms with van der Waals surface area (Å²) in [6.45, 7) is 1.24. The zero-order valence-electron chi connectivity index (χ0n) is 7.99. The molecule has 0 heterocycles. The molecule has 74 valence electrons. The number of carbonyl (C=O) groups is 2. The second-order valence-electron chi connectivity index (χ2n) is 2.94. The Morgan fingerprint density at radius 3 is 2.29 bits per heavy atom. The fraction of sp³-hybridized carbons (Fsp3) is 0.273. The minimum Gasteiger partial charge on any atom is -0.388 e. The predicted molar refractivity (Wildman–Crippen MR) is 52.5 cm³/mol. The van der Waals surface area contributed by atoms with Crippen LogP contribution >= 0.6 is 0 Å². The van der Waals surface area contributed by atoms with Crippen molar-refractivity contribution < 1.29 is 14.7 Å². The van der Waals surface area contributed by atoms with Crippen molar-refractivity contribution in [2.75, 3.05) is 6.61 Å². The van der Waals surface area contributed by atoms with E-state index in [1.165, 1.54) is 6.07 Å². The van der Waals surface area contributed by atoms with E-state index in [9.17, 15) is 9.59 Å². The van der Waals surface area contributed by atoms with Gasteiger partial charge in [-0.1, -0.05) is 25.1 Å². The van der Waals surface area contributed by atoms with E-state index in [0.717, 1.165) is 0 Å². The molecule has 0 aliphatic rings. The van der Waals surface area contributed by atoms with Crippen molar-refractivity contribution in [3.63, 3.8) is 0 Å². The highest BCUT2D eigenvalue weighted by atomic mass is 16.3. The van der Waals surface area contributed by atoms with Gasteiger partial charge in [0.05, 0.1) is 0 Å². The van der Waals surface area contributed by atoms with Crippen LogP contribution in [0, 0.1) is 0 Å². The van der Waals surface area contributed by atoms with E-state index in [1.54, 1.807) is 25.1 Å². The summed E-state index contributed by atoms with van der Waals surface area (Å²) >= 11 is 0. The summed E-state index contributed by atoms with van der Waals surface area (Å²) in [6, 6.07) is 6.42. The zero-order valence-corrected chi connectivity index (χ0v) is 7.99. The maximum Gasteiger partial charge on any atom is 0.188 e. The smallest absolute Gasteiger partial charge is 0.188 e. The number of ketones is 2. The van der Waals surface area contributed by atoms with Crippen molar-refractivity contribution in [3.05, 3.63) is 35.4 Å². The van der Waals surface area contributed by atoms with Gasteiger partial charge in [-0.25, -0.2) is 0 Å². The Kier molecular flexibility index (Phi) is 3.54. The van der Waals surface area contributed by atoms with E-state index in [4.69, 9.17) is 5.11 Å². The van der Waals surface area contributed by atoms with Gasteiger partial charge in [0.2, 0.25) is 0 Å². The minimum absolute atomic E-state index is 0.00223. The number of aliphatic hydroxyl groups excluding tert-OH is 1. The van der Waals surface area contributed by atoms with E-state index in [2.05, 4.69) is 0 Å². The topological polar surface area (TPSA) is 54.4 Å². The van der Waals surface area contributed by atoms with Crippen LogP contribution in [-0.4, -0.2) is 23.3 Å². The van der Waals surface area contributed by atoms with Crippen LogP contribution in [0.3, 0.4) is 0 Å². The Balaban J connectivity index is 3.01. The van der Waals surface area contributed by atoms with Crippen molar-refractivity contribution in [1.29, 1.82) is 0 Å². The number of aliphatic hydroxyl groups is 1. The van der Waals surface area contributed by atoms with E-state index >= 15 is 0 Å². The monoisotopic (exact) mass is 192 g/mol. The van der Waals surface area contributed by atoms with Crippen LogP contribution in [-0.2, 0) is 0 Å². The fourth-order valence-corrected chi connectivity index (χ4v) is 1.16. The lowest BCUT2D eigenvalue weighted by molar-refractivity contribution is 0.0903. The molecule has 0 spiro atoms. The molecule has 1 aromatic rings. The van der Waals surface area contributed by atoms with Crippen molar-refractivity contribution in [3.8, 4) is 0 Å². The SMILES string of the molecule is CCC(=O)c1cccc(C(=O)CO)c1. The molecule has 0 unspecified atom stereocenters. The van der Waals surface area contributed by atoms with E-state index in [1.807, 2.05) is 0 Å². The highest BCUT2D eigenvalue weighted by Crippen LogP contribution is 2.08. The normalized spacial score (nSPS) is 9.86. The van der Waals surface area contributed by atoms with Crippen LogP contribution in [0.25, 0.3) is 0 Å². The largest absolute Gasteiger partial charge is 0.388 e. The average Bonchev–Trinajstić information content (AvgIpc) is 2.27. The Hall–Kier alpha value is -1.48. The summed E-state index contributed by atoms with van der Waals surface area (Å²) < 4.78 is 0. The molecule has 0 radical (unpaired) electrons. The van der Waals surface area contributed by atoms with Crippen molar-refractivity contribution in [2.24, 2.45) is 0 Å². The standard InChI is InChI=1S/C11H12O3/c1-2-10(13)8-4-3-5-9(6-8)11(14)7-12/h3-6,12H,2,7H2,1H3. The maximum atomic E-state index is 11.3. The van der Waals surface area contributed by atoms with Gasteiger partial charge in [0, 0.05) is 17.5 Å². The first kappa shape index (κ1) is 10.6. The molecule has 0 amide bonds. The molecule has 1 N–H and O–H groups in total. The summed E-state index contributed by atoms with van der Waals surface area (Å²) in [6.07, 6.45) is 0.413. The first-order valence-electron chi connectivity index (χ1n) is 4.46. The molecule has 0 atom stereocenters. The third kappa shape index (κ3) is 2.26. The molecule has 1 aromatic carbocycles. The molecule has 3 nitrogen and oxygen atoms in total. The zero-order chi connectivity index (χ0) is 10.6. The second-order valence-corrected chi connectivity index (χ2v) is 2.94. The van der Waals surface area contributed by atoms with E-state index in [0.29, 0.717) is 17.5 Å². The van der Waals surface area contributed by atoms with Crippen molar-refractivity contribution in [2.45, 2.75) is 13.3 Å². The van der Waals surface area contributed by atoms with Crippen LogP contribution in [0.1, 0.15) is 34.1 Å². The summed E-state index contributed by atoms with van der Waals surface area (Å²) in [5.74, 6) is -0.367. The lowest BCUT2D eigenvalue weighted by Crippen LogP contribution is -2.06. The molecular weight excluding hydrogens is 180 g/mol. The molecule has 0 aliphatic heterocycles. The quantitative estimate of drug-likeness (QED) is 0.734. The first-order valence-corrected chi connectivity index (χ1v) is 4.46. The molecule has 0 saturated carbocycles. The molecule has 0 saturated heterocycles. The lowest BCUT2D eigenvalue weighted by Gasteiger charge is -2.00. The number of benzene rings is 1. The van der Waals surface area contributed by atoms with E-state index in [-0.39, 0.29) is 11.6 Å². The van der Waals surface area contributed by atoms with Crippen LogP contribution < -0.4 is 0 Å². The molecule has 0 aromatic heterocycles. The number of rotatable bonds is 4. The van der Waals surface area contributed by atoms with Gasteiger partial charge in [-0.3, -0.25) is 9.59 Å². The van der Waals surface area contributed by atoms with Crippen molar-refractivity contribution >= 4 is 11.6 Å². The van der Waals surface area contributed by atoms with Gasteiger partial charge in [-0.05, 0) is 6.07 Å². The molecule has 14 heavy (non-hydrogen) atoms. The van der Waals surface area contributed by atoms with Gasteiger partial charge in [0.1, 0.15) is 6.61 Å². The van der Waals surface area contributed by atoms with Crippen molar-refractivity contribution in [1.82, 2.24) is 0 Å². The number of carbonyl (C=O) groups excluding carboxylic acids is 2. The molecule has 0 aliphatic carbocycles. The molecular formula is C11H12O3. The maximum absolute atomic E-state index is 11.3. The van der Waals surface area contributed by atoms with E-state index < -0.39 is 6.61 Å². The van der Waals surface area contributed by atoms with Crippen LogP contribution in [0.2, 0.25) is 0 Å². The summed E-state index contributed by atoms with van der Waals surface area (Å²) in [4.78, 5) is 22.4. The summed E-state index contributed by atoms with van der Waals surface area (Å²) in [7, 11) is 0. The number of hydrogen-bond acceptors (Lipinski definition) is 3.